The maximum absolute atomic E-state index is 13.9. The number of thioether (sulfide) groups is 1. The number of hydrogen-bond acceptors (Lipinski definition) is 7. The molecule has 0 saturated heterocycles. The summed E-state index contributed by atoms with van der Waals surface area (Å²) in [5.74, 6) is 0.728. The molecule has 1 aliphatic carbocycles. The van der Waals surface area contributed by atoms with Crippen LogP contribution in [0.5, 0.6) is 5.75 Å². The summed E-state index contributed by atoms with van der Waals surface area (Å²) in [7, 11) is 3.95. The molecule has 0 bridgehead atoms. The lowest BCUT2D eigenvalue weighted by Crippen LogP contribution is -2.23. The molecule has 1 amide bonds. The van der Waals surface area contributed by atoms with Crippen LogP contribution in [0.4, 0.5) is 11.4 Å². The fourth-order valence-corrected chi connectivity index (χ4v) is 6.65. The van der Waals surface area contributed by atoms with E-state index in [-0.39, 0.29) is 17.2 Å². The van der Waals surface area contributed by atoms with E-state index < -0.39 is 0 Å². The van der Waals surface area contributed by atoms with Crippen LogP contribution in [-0.4, -0.2) is 41.9 Å². The highest BCUT2D eigenvalue weighted by Gasteiger charge is 2.23. The highest BCUT2D eigenvalue weighted by Crippen LogP contribution is 2.35. The molecule has 37 heavy (non-hydrogen) atoms. The van der Waals surface area contributed by atoms with Crippen molar-refractivity contribution in [1.82, 2.24) is 9.55 Å². The number of hydrogen-bond donors (Lipinski definition) is 1. The van der Waals surface area contributed by atoms with Crippen molar-refractivity contribution in [2.24, 2.45) is 0 Å². The molecule has 4 aromatic rings. The van der Waals surface area contributed by atoms with E-state index in [2.05, 4.69) is 5.32 Å². The minimum Gasteiger partial charge on any atom is -0.494 e. The predicted octanol–water partition coefficient (Wildman–Crippen LogP) is 5.52. The molecular formula is C28H30N4O3S2. The number of aryl methyl sites for hydroxylation is 2. The molecule has 1 N–H and O–H groups in total. The van der Waals surface area contributed by atoms with Gasteiger partial charge in [0, 0.05) is 30.3 Å². The van der Waals surface area contributed by atoms with Gasteiger partial charge in [-0.1, -0.05) is 11.8 Å². The highest BCUT2D eigenvalue weighted by molar-refractivity contribution is 7.99. The average Bonchev–Trinajstić information content (AvgIpc) is 3.27. The maximum Gasteiger partial charge on any atom is 0.267 e. The standard InChI is InChI=1S/C28H30N4O3S2/c1-4-35-21-15-13-20(14-16-21)32-27(34)25-22-7-5-6-8-23(22)37-26(25)30-28(32)36-17-24(33)29-18-9-11-19(12-10-18)31(2)3/h9-16H,4-8,17H2,1-3H3,(H,29,33). The van der Waals surface area contributed by atoms with Gasteiger partial charge in [-0.25, -0.2) is 4.98 Å². The Bertz CT molecular complexity index is 1470. The zero-order valence-corrected chi connectivity index (χ0v) is 22.9. The quantitative estimate of drug-likeness (QED) is 0.237. The minimum absolute atomic E-state index is 0.0734. The van der Waals surface area contributed by atoms with E-state index in [1.165, 1.54) is 16.6 Å². The normalized spacial score (nSPS) is 12.8. The molecule has 0 fully saturated rings. The molecule has 0 saturated carbocycles. The van der Waals surface area contributed by atoms with Crippen LogP contribution in [0.1, 0.15) is 30.2 Å². The van der Waals surface area contributed by atoms with Gasteiger partial charge in [0.15, 0.2) is 5.16 Å². The molecule has 0 aliphatic heterocycles. The Labute approximate surface area is 224 Å². The lowest BCUT2D eigenvalue weighted by atomic mass is 9.97. The molecule has 192 valence electrons. The van der Waals surface area contributed by atoms with Crippen LogP contribution in [0.3, 0.4) is 0 Å². The van der Waals surface area contributed by atoms with Crippen LogP contribution >= 0.6 is 23.1 Å². The minimum atomic E-state index is -0.152. The lowest BCUT2D eigenvalue weighted by molar-refractivity contribution is -0.113. The summed E-state index contributed by atoms with van der Waals surface area (Å²) in [6, 6.07) is 15.1. The summed E-state index contributed by atoms with van der Waals surface area (Å²) >= 11 is 2.89. The van der Waals surface area contributed by atoms with Crippen LogP contribution in [-0.2, 0) is 17.6 Å². The Balaban J connectivity index is 1.46. The first-order valence-electron chi connectivity index (χ1n) is 12.4. The van der Waals surface area contributed by atoms with Crippen LogP contribution in [0.2, 0.25) is 0 Å². The third kappa shape index (κ3) is 5.38. The number of nitrogens with zero attached hydrogens (tertiary/aromatic N) is 3. The third-order valence-corrected chi connectivity index (χ3v) is 8.49. The Morgan fingerprint density at radius 2 is 1.84 bits per heavy atom. The first kappa shape index (κ1) is 25.4. The zero-order valence-electron chi connectivity index (χ0n) is 21.2. The van der Waals surface area contributed by atoms with Gasteiger partial charge in [-0.3, -0.25) is 14.2 Å². The summed E-state index contributed by atoms with van der Waals surface area (Å²) in [6.45, 7) is 2.51. The van der Waals surface area contributed by atoms with Gasteiger partial charge in [0.05, 0.1) is 23.4 Å². The van der Waals surface area contributed by atoms with Crippen molar-refractivity contribution in [3.05, 3.63) is 69.3 Å². The number of carbonyl (C=O) groups excluding carboxylic acids is 1. The Hall–Kier alpha value is -3.30. The topological polar surface area (TPSA) is 76.5 Å². The number of fused-ring (bicyclic) bond motifs is 3. The molecule has 0 unspecified atom stereocenters. The van der Waals surface area contributed by atoms with Crippen LogP contribution in [0.15, 0.2) is 58.5 Å². The van der Waals surface area contributed by atoms with Crippen molar-refractivity contribution in [1.29, 1.82) is 0 Å². The molecule has 5 rings (SSSR count). The molecule has 1 aliphatic rings. The summed E-state index contributed by atoms with van der Waals surface area (Å²) in [5, 5.41) is 4.18. The highest BCUT2D eigenvalue weighted by atomic mass is 32.2. The summed E-state index contributed by atoms with van der Waals surface area (Å²) in [5.41, 5.74) is 3.58. The van der Waals surface area contributed by atoms with Crippen LogP contribution < -0.4 is 20.5 Å². The van der Waals surface area contributed by atoms with Gasteiger partial charge in [-0.15, -0.1) is 11.3 Å². The maximum atomic E-state index is 13.9. The summed E-state index contributed by atoms with van der Waals surface area (Å²) < 4.78 is 7.23. The predicted molar refractivity (Wildman–Crippen MR) is 153 cm³/mol. The number of amides is 1. The lowest BCUT2D eigenvalue weighted by Gasteiger charge is -2.14. The van der Waals surface area contributed by atoms with Crippen molar-refractivity contribution in [3.63, 3.8) is 0 Å². The fraction of sp³-hybridized carbons (Fsp3) is 0.321. The number of anilines is 2. The van der Waals surface area contributed by atoms with Gasteiger partial charge in [0.25, 0.3) is 5.56 Å². The number of nitrogens with one attached hydrogen (secondary N) is 1. The second kappa shape index (κ2) is 11.0. The average molecular weight is 535 g/mol. The largest absolute Gasteiger partial charge is 0.494 e. The summed E-state index contributed by atoms with van der Waals surface area (Å²) in [6.07, 6.45) is 4.14. The van der Waals surface area contributed by atoms with Crippen molar-refractivity contribution in [2.75, 3.05) is 36.7 Å². The number of thiophene rings is 1. The fourth-order valence-electron chi connectivity index (χ4n) is 4.54. The Morgan fingerprint density at radius 3 is 2.54 bits per heavy atom. The van der Waals surface area contributed by atoms with E-state index in [1.54, 1.807) is 15.9 Å². The number of benzene rings is 2. The van der Waals surface area contributed by atoms with Gasteiger partial charge in [-0.05, 0) is 86.7 Å². The van der Waals surface area contributed by atoms with Gasteiger partial charge < -0.3 is 15.0 Å². The third-order valence-electron chi connectivity index (χ3n) is 6.36. The van der Waals surface area contributed by atoms with E-state index in [1.807, 2.05) is 74.4 Å². The van der Waals surface area contributed by atoms with E-state index in [4.69, 9.17) is 9.72 Å². The molecule has 7 nitrogen and oxygen atoms in total. The smallest absolute Gasteiger partial charge is 0.267 e. The second-order valence-corrected chi connectivity index (χ2v) is 11.2. The van der Waals surface area contributed by atoms with Gasteiger partial charge in [-0.2, -0.15) is 0 Å². The first-order valence-corrected chi connectivity index (χ1v) is 14.3. The van der Waals surface area contributed by atoms with Crippen LogP contribution in [0.25, 0.3) is 15.9 Å². The molecule has 2 aromatic heterocycles. The van der Waals surface area contributed by atoms with E-state index in [9.17, 15) is 9.59 Å². The molecule has 2 aromatic carbocycles. The summed E-state index contributed by atoms with van der Waals surface area (Å²) in [4.78, 5) is 35.7. The molecule has 0 radical (unpaired) electrons. The van der Waals surface area contributed by atoms with Gasteiger partial charge in [0.2, 0.25) is 5.91 Å². The Morgan fingerprint density at radius 1 is 1.11 bits per heavy atom. The SMILES string of the molecule is CCOc1ccc(-n2c(SCC(=O)Nc3ccc(N(C)C)cc3)nc3sc4c(c3c2=O)CCCC4)cc1. The van der Waals surface area contributed by atoms with E-state index >= 15 is 0 Å². The number of rotatable bonds is 8. The number of aromatic nitrogens is 2. The van der Waals surface area contributed by atoms with Crippen LogP contribution in [0, 0.1) is 0 Å². The van der Waals surface area contributed by atoms with E-state index in [0.717, 1.165) is 58.6 Å². The second-order valence-electron chi connectivity index (χ2n) is 9.13. The Kier molecular flexibility index (Phi) is 7.53. The van der Waals surface area contributed by atoms with Crippen molar-refractivity contribution in [3.8, 4) is 11.4 Å². The van der Waals surface area contributed by atoms with Gasteiger partial charge >= 0.3 is 0 Å². The van der Waals surface area contributed by atoms with Crippen molar-refractivity contribution in [2.45, 2.75) is 37.8 Å². The number of carbonyl (C=O) groups is 1. The monoisotopic (exact) mass is 534 g/mol. The van der Waals surface area contributed by atoms with Gasteiger partial charge in [0.1, 0.15) is 10.6 Å². The zero-order chi connectivity index (χ0) is 25.9. The first-order chi connectivity index (χ1) is 17.9. The molecule has 0 atom stereocenters. The molecule has 0 spiro atoms. The molecular weight excluding hydrogens is 504 g/mol. The molecule has 2 heterocycles. The molecule has 9 heteroatoms. The van der Waals surface area contributed by atoms with E-state index in [0.29, 0.717) is 17.5 Å². The number of ether oxygens (including phenoxy) is 1. The van der Waals surface area contributed by atoms with Crippen molar-refractivity contribution >= 4 is 50.6 Å². The van der Waals surface area contributed by atoms with Crippen molar-refractivity contribution < 1.29 is 9.53 Å².